The van der Waals surface area contributed by atoms with Gasteiger partial charge >= 0.3 is 0 Å². The van der Waals surface area contributed by atoms with Gasteiger partial charge in [0.05, 0.1) is 26.2 Å². The second-order valence-corrected chi connectivity index (χ2v) is 7.80. The molecule has 1 N–H and O–H groups in total. The highest BCUT2D eigenvalue weighted by Crippen LogP contribution is 2.41. The van der Waals surface area contributed by atoms with Gasteiger partial charge in [-0.05, 0) is 25.0 Å². The number of methoxy groups -OCH3 is 2. The molecule has 1 aliphatic heterocycles. The number of piperidine rings is 1. The Balaban J connectivity index is 1.88. The minimum absolute atomic E-state index is 0.0594. The number of ether oxygens (including phenoxy) is 2. The number of benzene rings is 2. The van der Waals surface area contributed by atoms with E-state index in [0.29, 0.717) is 31.7 Å². The van der Waals surface area contributed by atoms with Crippen molar-refractivity contribution in [3.8, 4) is 11.5 Å². The first-order chi connectivity index (χ1) is 15.1. The molecule has 166 valence electrons. The standard InChI is InChI=1S/C25H32N2O4/c1-4-5-16-27-23(28)15-14-20(24(27)19-11-7-9-13-22(19)31-3)25(29)26-17-18-10-6-8-12-21(18)30-2/h6-13,20,24H,4-5,14-17H2,1-3H3,(H,26,29)/t20-,24-/m1/s1. The molecule has 31 heavy (non-hydrogen) atoms. The van der Waals surface area contributed by atoms with E-state index in [-0.39, 0.29) is 23.8 Å². The van der Waals surface area contributed by atoms with E-state index in [1.807, 2.05) is 53.4 Å². The Morgan fingerprint density at radius 1 is 1.06 bits per heavy atom. The Bertz CT molecular complexity index is 899. The van der Waals surface area contributed by atoms with Crippen molar-refractivity contribution in [3.05, 3.63) is 59.7 Å². The summed E-state index contributed by atoms with van der Waals surface area (Å²) in [4.78, 5) is 28.1. The lowest BCUT2D eigenvalue weighted by Crippen LogP contribution is -2.48. The van der Waals surface area contributed by atoms with E-state index < -0.39 is 0 Å². The van der Waals surface area contributed by atoms with Gasteiger partial charge in [-0.1, -0.05) is 49.7 Å². The Morgan fingerprint density at radius 3 is 2.45 bits per heavy atom. The van der Waals surface area contributed by atoms with Gasteiger partial charge in [0.2, 0.25) is 11.8 Å². The van der Waals surface area contributed by atoms with Gasteiger partial charge in [0.25, 0.3) is 0 Å². The van der Waals surface area contributed by atoms with E-state index in [0.717, 1.165) is 29.7 Å². The number of nitrogens with zero attached hydrogens (tertiary/aromatic N) is 1. The van der Waals surface area contributed by atoms with Crippen LogP contribution in [0.5, 0.6) is 11.5 Å². The van der Waals surface area contributed by atoms with Gasteiger partial charge in [-0.3, -0.25) is 9.59 Å². The van der Waals surface area contributed by atoms with Crippen LogP contribution in [0.4, 0.5) is 0 Å². The summed E-state index contributed by atoms with van der Waals surface area (Å²) in [6, 6.07) is 15.0. The van der Waals surface area contributed by atoms with Gasteiger partial charge in [0.1, 0.15) is 11.5 Å². The summed E-state index contributed by atoms with van der Waals surface area (Å²) < 4.78 is 11.0. The number of likely N-dealkylation sites (tertiary alicyclic amines) is 1. The molecule has 0 saturated carbocycles. The molecule has 0 spiro atoms. The predicted octanol–water partition coefficient (Wildman–Crippen LogP) is 4.10. The fraction of sp³-hybridized carbons (Fsp3) is 0.440. The van der Waals surface area contributed by atoms with Crippen LogP contribution in [0.2, 0.25) is 0 Å². The molecular formula is C25H32N2O4. The maximum Gasteiger partial charge on any atom is 0.225 e. The lowest BCUT2D eigenvalue weighted by atomic mass is 9.83. The smallest absolute Gasteiger partial charge is 0.225 e. The fourth-order valence-corrected chi connectivity index (χ4v) is 4.28. The third-order valence-electron chi connectivity index (χ3n) is 5.90. The van der Waals surface area contributed by atoms with Crippen LogP contribution in [-0.2, 0) is 16.1 Å². The summed E-state index contributed by atoms with van der Waals surface area (Å²) in [5, 5.41) is 3.07. The van der Waals surface area contributed by atoms with Crippen LogP contribution in [-0.4, -0.2) is 37.5 Å². The Hall–Kier alpha value is -3.02. The van der Waals surface area contributed by atoms with Crippen LogP contribution in [0, 0.1) is 5.92 Å². The number of para-hydroxylation sites is 2. The zero-order valence-electron chi connectivity index (χ0n) is 18.6. The average Bonchev–Trinajstić information content (AvgIpc) is 2.81. The molecule has 1 fully saturated rings. The highest BCUT2D eigenvalue weighted by molar-refractivity contribution is 5.85. The normalized spacial score (nSPS) is 18.5. The molecule has 2 aromatic rings. The van der Waals surface area contributed by atoms with E-state index >= 15 is 0 Å². The molecule has 2 aromatic carbocycles. The topological polar surface area (TPSA) is 67.9 Å². The van der Waals surface area contributed by atoms with Crippen LogP contribution in [0.3, 0.4) is 0 Å². The number of carbonyl (C=O) groups excluding carboxylic acids is 2. The van der Waals surface area contributed by atoms with E-state index in [2.05, 4.69) is 12.2 Å². The summed E-state index contributed by atoms with van der Waals surface area (Å²) in [6.45, 7) is 3.11. The highest BCUT2D eigenvalue weighted by Gasteiger charge is 2.41. The summed E-state index contributed by atoms with van der Waals surface area (Å²) in [5.74, 6) is 1.13. The molecule has 2 atom stereocenters. The monoisotopic (exact) mass is 424 g/mol. The van der Waals surface area contributed by atoms with Gasteiger partial charge in [-0.2, -0.15) is 0 Å². The van der Waals surface area contributed by atoms with Crippen molar-refractivity contribution in [1.29, 1.82) is 0 Å². The molecule has 3 rings (SSSR count). The third kappa shape index (κ3) is 5.19. The SMILES string of the molecule is CCCCN1C(=O)CC[C@@H](C(=O)NCc2ccccc2OC)[C@H]1c1ccccc1OC. The van der Waals surface area contributed by atoms with Crippen molar-refractivity contribution < 1.29 is 19.1 Å². The minimum Gasteiger partial charge on any atom is -0.496 e. The van der Waals surface area contributed by atoms with Gasteiger partial charge in [-0.25, -0.2) is 0 Å². The number of hydrogen-bond donors (Lipinski definition) is 1. The summed E-state index contributed by atoms with van der Waals surface area (Å²) in [7, 11) is 3.24. The van der Waals surface area contributed by atoms with Gasteiger partial charge in [-0.15, -0.1) is 0 Å². The minimum atomic E-state index is -0.347. The first kappa shape index (κ1) is 22.7. The fourth-order valence-electron chi connectivity index (χ4n) is 4.28. The lowest BCUT2D eigenvalue weighted by Gasteiger charge is -2.41. The van der Waals surface area contributed by atoms with E-state index in [4.69, 9.17) is 9.47 Å². The molecular weight excluding hydrogens is 392 g/mol. The Kier molecular flexibility index (Phi) is 7.93. The second-order valence-electron chi connectivity index (χ2n) is 7.80. The largest absolute Gasteiger partial charge is 0.496 e. The molecule has 1 aliphatic rings. The quantitative estimate of drug-likeness (QED) is 0.658. The van der Waals surface area contributed by atoms with Crippen molar-refractivity contribution in [1.82, 2.24) is 10.2 Å². The number of rotatable bonds is 9. The molecule has 1 saturated heterocycles. The molecule has 0 unspecified atom stereocenters. The number of carbonyl (C=O) groups is 2. The Morgan fingerprint density at radius 2 is 1.74 bits per heavy atom. The Labute approximate surface area is 184 Å². The zero-order valence-corrected chi connectivity index (χ0v) is 18.6. The molecule has 0 radical (unpaired) electrons. The van der Waals surface area contributed by atoms with Crippen molar-refractivity contribution in [3.63, 3.8) is 0 Å². The van der Waals surface area contributed by atoms with Gasteiger partial charge in [0, 0.05) is 30.6 Å². The third-order valence-corrected chi connectivity index (χ3v) is 5.90. The van der Waals surface area contributed by atoms with E-state index in [1.165, 1.54) is 0 Å². The summed E-state index contributed by atoms with van der Waals surface area (Å²) >= 11 is 0. The number of unbranched alkanes of at least 4 members (excludes halogenated alkanes) is 1. The number of hydrogen-bond acceptors (Lipinski definition) is 4. The first-order valence-electron chi connectivity index (χ1n) is 10.9. The molecule has 0 aliphatic carbocycles. The second kappa shape index (κ2) is 10.8. The maximum atomic E-state index is 13.3. The van der Waals surface area contributed by atoms with E-state index in [1.54, 1.807) is 14.2 Å². The first-order valence-corrected chi connectivity index (χ1v) is 10.9. The summed E-state index contributed by atoms with van der Waals surface area (Å²) in [5.41, 5.74) is 1.80. The maximum absolute atomic E-state index is 13.3. The van der Waals surface area contributed by atoms with Crippen LogP contribution in [0.15, 0.2) is 48.5 Å². The zero-order chi connectivity index (χ0) is 22.2. The molecule has 6 nitrogen and oxygen atoms in total. The van der Waals surface area contributed by atoms with Crippen molar-refractivity contribution in [2.75, 3.05) is 20.8 Å². The molecule has 0 aromatic heterocycles. The van der Waals surface area contributed by atoms with Crippen molar-refractivity contribution >= 4 is 11.8 Å². The molecule has 0 bridgehead atoms. The predicted molar refractivity (Wildman–Crippen MR) is 120 cm³/mol. The number of amides is 2. The van der Waals surface area contributed by atoms with Crippen molar-refractivity contribution in [2.45, 2.75) is 45.2 Å². The lowest BCUT2D eigenvalue weighted by molar-refractivity contribution is -0.143. The molecule has 2 amide bonds. The van der Waals surface area contributed by atoms with Crippen molar-refractivity contribution in [2.24, 2.45) is 5.92 Å². The highest BCUT2D eigenvalue weighted by atomic mass is 16.5. The molecule has 6 heteroatoms. The number of nitrogens with one attached hydrogen (secondary N) is 1. The molecule has 1 heterocycles. The summed E-state index contributed by atoms with van der Waals surface area (Å²) in [6.07, 6.45) is 2.77. The van der Waals surface area contributed by atoms with Crippen LogP contribution in [0.1, 0.15) is 49.8 Å². The average molecular weight is 425 g/mol. The van der Waals surface area contributed by atoms with Gasteiger partial charge in [0.15, 0.2) is 0 Å². The van der Waals surface area contributed by atoms with Gasteiger partial charge < -0.3 is 19.7 Å². The van der Waals surface area contributed by atoms with Crippen LogP contribution >= 0.6 is 0 Å². The van der Waals surface area contributed by atoms with E-state index in [9.17, 15) is 9.59 Å². The van der Waals surface area contributed by atoms with Crippen LogP contribution in [0.25, 0.3) is 0 Å². The van der Waals surface area contributed by atoms with Crippen LogP contribution < -0.4 is 14.8 Å².